The number of aliphatic hydroxyl groups excluding tert-OH is 1. The summed E-state index contributed by atoms with van der Waals surface area (Å²) in [5.41, 5.74) is 1.40. The van der Waals surface area contributed by atoms with E-state index in [1.807, 2.05) is 0 Å². The van der Waals surface area contributed by atoms with Crippen LogP contribution in [0.1, 0.15) is 51.9 Å². The van der Waals surface area contributed by atoms with Crippen molar-refractivity contribution in [1.29, 1.82) is 0 Å². The fourth-order valence-electron chi connectivity index (χ4n) is 2.98. The van der Waals surface area contributed by atoms with Crippen molar-refractivity contribution in [3.63, 3.8) is 0 Å². The molecule has 0 aromatic carbocycles. The van der Waals surface area contributed by atoms with Crippen LogP contribution in [0.5, 0.6) is 0 Å². The quantitative estimate of drug-likeness (QED) is 0.745. The number of aliphatic hydroxyl groups is 1. The van der Waals surface area contributed by atoms with Crippen molar-refractivity contribution >= 4 is 0 Å². The summed E-state index contributed by atoms with van der Waals surface area (Å²) < 4.78 is 0. The van der Waals surface area contributed by atoms with Crippen LogP contribution in [0.3, 0.4) is 0 Å². The Kier molecular flexibility index (Phi) is 3.30. The molecule has 0 amide bonds. The van der Waals surface area contributed by atoms with Gasteiger partial charge < -0.3 is 5.11 Å². The van der Waals surface area contributed by atoms with Gasteiger partial charge in [-0.15, -0.1) is 0 Å². The van der Waals surface area contributed by atoms with Crippen LogP contribution < -0.4 is 0 Å². The van der Waals surface area contributed by atoms with Crippen molar-refractivity contribution in [3.8, 4) is 0 Å². The van der Waals surface area contributed by atoms with E-state index < -0.39 is 0 Å². The summed E-state index contributed by atoms with van der Waals surface area (Å²) >= 11 is 0. The molecule has 1 N–H and O–H groups in total. The Labute approximate surface area is 92.9 Å². The van der Waals surface area contributed by atoms with Gasteiger partial charge in [-0.2, -0.15) is 0 Å². The molecule has 15 heavy (non-hydrogen) atoms. The van der Waals surface area contributed by atoms with Gasteiger partial charge >= 0.3 is 0 Å². The number of hydrogen-bond acceptors (Lipinski definition) is 1. The lowest BCUT2D eigenvalue weighted by Crippen LogP contribution is -2.42. The van der Waals surface area contributed by atoms with Crippen molar-refractivity contribution in [2.24, 2.45) is 5.41 Å². The molecule has 1 nitrogen and oxygen atoms in total. The third kappa shape index (κ3) is 2.03. The molecule has 0 spiro atoms. The molecule has 84 valence electrons. The Balaban J connectivity index is 2.07. The van der Waals surface area contributed by atoms with Crippen LogP contribution >= 0.6 is 0 Å². The third-order valence-electron chi connectivity index (χ3n) is 4.02. The Morgan fingerprint density at radius 3 is 2.67 bits per heavy atom. The number of rotatable bonds is 4. The van der Waals surface area contributed by atoms with E-state index in [0.29, 0.717) is 0 Å². The SMILES string of the molecule is CCCC1(C(O)C2=CCCC=C2)CCC1. The smallest absolute Gasteiger partial charge is 0.0843 e. The number of allylic oxidation sites excluding steroid dienone is 2. The second kappa shape index (κ2) is 4.52. The second-order valence-corrected chi connectivity index (χ2v) is 5.05. The minimum absolute atomic E-state index is 0.206. The van der Waals surface area contributed by atoms with Gasteiger partial charge in [-0.05, 0) is 37.7 Å². The highest BCUT2D eigenvalue weighted by Gasteiger charge is 2.43. The van der Waals surface area contributed by atoms with E-state index >= 15 is 0 Å². The highest BCUT2D eigenvalue weighted by Crippen LogP contribution is 2.49. The van der Waals surface area contributed by atoms with E-state index in [1.165, 1.54) is 37.7 Å². The van der Waals surface area contributed by atoms with E-state index in [0.717, 1.165) is 12.8 Å². The molecule has 1 heteroatoms. The normalized spacial score (nSPS) is 25.6. The van der Waals surface area contributed by atoms with Gasteiger partial charge in [-0.3, -0.25) is 0 Å². The minimum atomic E-state index is -0.206. The molecular formula is C14H22O. The highest BCUT2D eigenvalue weighted by molar-refractivity contribution is 5.29. The first kappa shape index (κ1) is 10.9. The lowest BCUT2D eigenvalue weighted by atomic mass is 9.61. The highest BCUT2D eigenvalue weighted by atomic mass is 16.3. The van der Waals surface area contributed by atoms with Crippen molar-refractivity contribution in [1.82, 2.24) is 0 Å². The first-order valence-corrected chi connectivity index (χ1v) is 6.33. The maximum Gasteiger partial charge on any atom is 0.0843 e. The van der Waals surface area contributed by atoms with Gasteiger partial charge in [0.15, 0.2) is 0 Å². The second-order valence-electron chi connectivity index (χ2n) is 5.05. The summed E-state index contributed by atoms with van der Waals surface area (Å²) in [6, 6.07) is 0. The Hall–Kier alpha value is -0.560. The average Bonchev–Trinajstić information content (AvgIpc) is 2.24. The third-order valence-corrected chi connectivity index (χ3v) is 4.02. The van der Waals surface area contributed by atoms with Gasteiger partial charge in [0, 0.05) is 5.41 Å². The van der Waals surface area contributed by atoms with Crippen LogP contribution in [0, 0.1) is 5.41 Å². The van der Waals surface area contributed by atoms with Crippen molar-refractivity contribution < 1.29 is 5.11 Å². The molecule has 0 aromatic heterocycles. The van der Waals surface area contributed by atoms with E-state index in [9.17, 15) is 5.11 Å². The van der Waals surface area contributed by atoms with Crippen molar-refractivity contribution in [2.45, 2.75) is 58.0 Å². The topological polar surface area (TPSA) is 20.2 Å². The van der Waals surface area contributed by atoms with E-state index in [-0.39, 0.29) is 11.5 Å². The van der Waals surface area contributed by atoms with Crippen LogP contribution in [-0.4, -0.2) is 11.2 Å². The van der Waals surface area contributed by atoms with Crippen molar-refractivity contribution in [3.05, 3.63) is 23.8 Å². The fraction of sp³-hybridized carbons (Fsp3) is 0.714. The molecule has 0 aliphatic heterocycles. The van der Waals surface area contributed by atoms with Crippen LogP contribution in [0.4, 0.5) is 0 Å². The minimum Gasteiger partial charge on any atom is -0.388 e. The van der Waals surface area contributed by atoms with E-state index in [1.54, 1.807) is 0 Å². The molecule has 0 bridgehead atoms. The van der Waals surface area contributed by atoms with E-state index in [2.05, 4.69) is 25.2 Å². The van der Waals surface area contributed by atoms with Gasteiger partial charge in [-0.25, -0.2) is 0 Å². The standard InChI is InChI=1S/C14H22O/c1-2-9-14(10-6-11-14)13(15)12-7-4-3-5-8-12/h4,7-8,13,15H,2-3,5-6,9-11H2,1H3. The van der Waals surface area contributed by atoms with Crippen LogP contribution in [-0.2, 0) is 0 Å². The molecule has 1 unspecified atom stereocenters. The van der Waals surface area contributed by atoms with Crippen LogP contribution in [0.25, 0.3) is 0 Å². The summed E-state index contributed by atoms with van der Waals surface area (Å²) in [7, 11) is 0. The largest absolute Gasteiger partial charge is 0.388 e. The zero-order valence-corrected chi connectivity index (χ0v) is 9.71. The molecule has 0 radical (unpaired) electrons. The van der Waals surface area contributed by atoms with Crippen LogP contribution in [0.2, 0.25) is 0 Å². The molecule has 2 rings (SSSR count). The maximum atomic E-state index is 10.5. The predicted molar refractivity (Wildman–Crippen MR) is 63.7 cm³/mol. The van der Waals surface area contributed by atoms with Crippen LogP contribution in [0.15, 0.2) is 23.8 Å². The molecule has 1 saturated carbocycles. The lowest BCUT2D eigenvalue weighted by molar-refractivity contribution is -0.0179. The zero-order chi connectivity index (χ0) is 10.7. The maximum absolute atomic E-state index is 10.5. The van der Waals surface area contributed by atoms with Crippen molar-refractivity contribution in [2.75, 3.05) is 0 Å². The zero-order valence-electron chi connectivity index (χ0n) is 9.71. The summed E-state index contributed by atoms with van der Waals surface area (Å²) in [6.07, 6.45) is 14.7. The molecule has 2 aliphatic carbocycles. The molecule has 1 fully saturated rings. The van der Waals surface area contributed by atoms with Gasteiger partial charge in [0.25, 0.3) is 0 Å². The molecule has 0 heterocycles. The fourth-order valence-corrected chi connectivity index (χ4v) is 2.98. The molecule has 2 aliphatic rings. The van der Waals surface area contributed by atoms with Gasteiger partial charge in [-0.1, -0.05) is 38.0 Å². The predicted octanol–water partition coefficient (Wildman–Crippen LogP) is 3.59. The first-order chi connectivity index (χ1) is 7.28. The number of hydrogen-bond donors (Lipinski definition) is 1. The average molecular weight is 206 g/mol. The molecule has 0 saturated heterocycles. The van der Waals surface area contributed by atoms with E-state index in [4.69, 9.17) is 0 Å². The monoisotopic (exact) mass is 206 g/mol. The summed E-state index contributed by atoms with van der Waals surface area (Å²) in [4.78, 5) is 0. The Morgan fingerprint density at radius 2 is 2.20 bits per heavy atom. The molecule has 1 atom stereocenters. The van der Waals surface area contributed by atoms with Gasteiger partial charge in [0.1, 0.15) is 0 Å². The van der Waals surface area contributed by atoms with Gasteiger partial charge in [0.2, 0.25) is 0 Å². The first-order valence-electron chi connectivity index (χ1n) is 6.33. The molecular weight excluding hydrogens is 184 g/mol. The van der Waals surface area contributed by atoms with Gasteiger partial charge in [0.05, 0.1) is 6.10 Å². The molecule has 0 aromatic rings. The lowest BCUT2D eigenvalue weighted by Gasteiger charge is -2.46. The Morgan fingerprint density at radius 1 is 1.40 bits per heavy atom. The summed E-state index contributed by atoms with van der Waals surface area (Å²) in [5, 5.41) is 10.5. The Bertz CT molecular complexity index is 271. The summed E-state index contributed by atoms with van der Waals surface area (Å²) in [6.45, 7) is 2.22. The summed E-state index contributed by atoms with van der Waals surface area (Å²) in [5.74, 6) is 0.